The lowest BCUT2D eigenvalue weighted by Gasteiger charge is -2.04. The lowest BCUT2D eigenvalue weighted by molar-refractivity contribution is 0.112. The zero-order chi connectivity index (χ0) is 14.7. The second-order valence-corrected chi connectivity index (χ2v) is 5.12. The fourth-order valence-electron chi connectivity index (χ4n) is 1.92. The largest absolute Gasteiger partial charge is 0.298 e. The molecule has 3 nitrogen and oxygen atoms in total. The van der Waals surface area contributed by atoms with Crippen LogP contribution in [0.2, 0.25) is 0 Å². The van der Waals surface area contributed by atoms with Gasteiger partial charge in [0.2, 0.25) is 0 Å². The SMILES string of the molecule is CC(C)CCn1cc(C=O)c(-c2ccc(F)cc2F)n1. The van der Waals surface area contributed by atoms with Crippen LogP contribution in [-0.2, 0) is 6.54 Å². The molecule has 5 heteroatoms. The Bertz CT molecular complexity index is 620. The number of carbonyl (C=O) groups is 1. The summed E-state index contributed by atoms with van der Waals surface area (Å²) in [7, 11) is 0. The van der Waals surface area contributed by atoms with Crippen molar-refractivity contribution in [2.24, 2.45) is 5.92 Å². The molecule has 0 fully saturated rings. The van der Waals surface area contributed by atoms with Crippen molar-refractivity contribution < 1.29 is 13.6 Å². The monoisotopic (exact) mass is 278 g/mol. The molecule has 0 radical (unpaired) electrons. The highest BCUT2D eigenvalue weighted by Gasteiger charge is 2.15. The average Bonchev–Trinajstić information content (AvgIpc) is 2.79. The molecule has 0 saturated heterocycles. The third-order valence-electron chi connectivity index (χ3n) is 3.04. The van der Waals surface area contributed by atoms with Gasteiger partial charge in [0, 0.05) is 24.4 Å². The number of carbonyl (C=O) groups excluding carboxylic acids is 1. The normalized spacial score (nSPS) is 11.1. The molecule has 20 heavy (non-hydrogen) atoms. The highest BCUT2D eigenvalue weighted by Crippen LogP contribution is 2.25. The molecule has 106 valence electrons. The molecule has 2 rings (SSSR count). The quantitative estimate of drug-likeness (QED) is 0.782. The maximum Gasteiger partial charge on any atom is 0.153 e. The van der Waals surface area contributed by atoms with E-state index in [9.17, 15) is 13.6 Å². The zero-order valence-electron chi connectivity index (χ0n) is 11.4. The van der Waals surface area contributed by atoms with Crippen molar-refractivity contribution in [3.8, 4) is 11.3 Å². The van der Waals surface area contributed by atoms with Crippen molar-refractivity contribution in [2.75, 3.05) is 0 Å². The van der Waals surface area contributed by atoms with E-state index in [1.54, 1.807) is 10.9 Å². The first-order valence-electron chi connectivity index (χ1n) is 6.49. The summed E-state index contributed by atoms with van der Waals surface area (Å²) in [5.41, 5.74) is 0.692. The number of rotatable bonds is 5. The minimum atomic E-state index is -0.720. The van der Waals surface area contributed by atoms with Crippen LogP contribution in [0.1, 0.15) is 30.6 Å². The highest BCUT2D eigenvalue weighted by atomic mass is 19.1. The van der Waals surface area contributed by atoms with Gasteiger partial charge in [0.05, 0.1) is 5.56 Å². The average molecular weight is 278 g/mol. The van der Waals surface area contributed by atoms with Crippen LogP contribution >= 0.6 is 0 Å². The Hall–Kier alpha value is -2.04. The Kier molecular flexibility index (Phi) is 4.27. The lowest BCUT2D eigenvalue weighted by Crippen LogP contribution is -2.02. The molecule has 0 saturated carbocycles. The van der Waals surface area contributed by atoms with Gasteiger partial charge in [0.1, 0.15) is 17.3 Å². The maximum atomic E-state index is 13.8. The maximum absolute atomic E-state index is 13.8. The van der Waals surface area contributed by atoms with E-state index < -0.39 is 11.6 Å². The Balaban J connectivity index is 2.37. The zero-order valence-corrected chi connectivity index (χ0v) is 11.4. The van der Waals surface area contributed by atoms with Gasteiger partial charge < -0.3 is 0 Å². The molecule has 1 aromatic carbocycles. The Labute approximate surface area is 116 Å². The first-order chi connectivity index (χ1) is 9.51. The number of nitrogens with zero attached hydrogens (tertiary/aromatic N) is 2. The number of aldehydes is 1. The Morgan fingerprint density at radius 1 is 1.35 bits per heavy atom. The minimum Gasteiger partial charge on any atom is -0.298 e. The minimum absolute atomic E-state index is 0.136. The molecule has 0 atom stereocenters. The van der Waals surface area contributed by atoms with E-state index in [0.29, 0.717) is 24.3 Å². The number of hydrogen-bond donors (Lipinski definition) is 0. The van der Waals surface area contributed by atoms with Crippen LogP contribution in [0.3, 0.4) is 0 Å². The van der Waals surface area contributed by atoms with Gasteiger partial charge in [-0.1, -0.05) is 13.8 Å². The van der Waals surface area contributed by atoms with E-state index in [0.717, 1.165) is 18.6 Å². The van der Waals surface area contributed by atoms with Crippen LogP contribution in [0.5, 0.6) is 0 Å². The van der Waals surface area contributed by atoms with Gasteiger partial charge in [-0.15, -0.1) is 0 Å². The summed E-state index contributed by atoms with van der Waals surface area (Å²) in [5.74, 6) is -0.870. The summed E-state index contributed by atoms with van der Waals surface area (Å²) in [6.45, 7) is 4.83. The third-order valence-corrected chi connectivity index (χ3v) is 3.04. The van der Waals surface area contributed by atoms with Gasteiger partial charge in [0.25, 0.3) is 0 Å². The van der Waals surface area contributed by atoms with Crippen LogP contribution in [-0.4, -0.2) is 16.1 Å². The van der Waals surface area contributed by atoms with E-state index >= 15 is 0 Å². The molecule has 0 aliphatic rings. The lowest BCUT2D eigenvalue weighted by atomic mass is 10.1. The summed E-state index contributed by atoms with van der Waals surface area (Å²) < 4.78 is 28.3. The van der Waals surface area contributed by atoms with Crippen molar-refractivity contribution in [2.45, 2.75) is 26.8 Å². The second kappa shape index (κ2) is 5.94. The number of halogens is 2. The van der Waals surface area contributed by atoms with Gasteiger partial charge in [-0.25, -0.2) is 8.78 Å². The molecule has 0 bridgehead atoms. The first kappa shape index (κ1) is 14.4. The number of aromatic nitrogens is 2. The summed E-state index contributed by atoms with van der Waals surface area (Å²) in [4.78, 5) is 11.1. The van der Waals surface area contributed by atoms with Crippen LogP contribution in [0.25, 0.3) is 11.3 Å². The van der Waals surface area contributed by atoms with E-state index in [1.807, 2.05) is 0 Å². The van der Waals surface area contributed by atoms with Gasteiger partial charge in [-0.05, 0) is 24.5 Å². The predicted octanol–water partition coefficient (Wildman–Crippen LogP) is 3.69. The fraction of sp³-hybridized carbons (Fsp3) is 0.333. The van der Waals surface area contributed by atoms with Crippen LogP contribution < -0.4 is 0 Å². The molecule has 0 amide bonds. The van der Waals surface area contributed by atoms with Crippen molar-refractivity contribution >= 4 is 6.29 Å². The van der Waals surface area contributed by atoms with Crippen LogP contribution in [0.4, 0.5) is 8.78 Å². The van der Waals surface area contributed by atoms with Crippen molar-refractivity contribution in [3.05, 3.63) is 41.6 Å². The Morgan fingerprint density at radius 2 is 2.10 bits per heavy atom. The van der Waals surface area contributed by atoms with Crippen molar-refractivity contribution in [1.82, 2.24) is 9.78 Å². The molecular weight excluding hydrogens is 262 g/mol. The van der Waals surface area contributed by atoms with Gasteiger partial charge in [-0.2, -0.15) is 5.10 Å². The number of hydrogen-bond acceptors (Lipinski definition) is 2. The van der Waals surface area contributed by atoms with E-state index in [1.165, 1.54) is 6.07 Å². The standard InChI is InChI=1S/C15H16F2N2O/c1-10(2)5-6-19-8-11(9-20)15(18-19)13-4-3-12(16)7-14(13)17/h3-4,7-10H,5-6H2,1-2H3. The molecule has 2 aromatic rings. The predicted molar refractivity (Wildman–Crippen MR) is 72.4 cm³/mol. The number of aryl methyl sites for hydroxylation is 1. The van der Waals surface area contributed by atoms with E-state index in [4.69, 9.17) is 0 Å². The molecule has 0 aliphatic heterocycles. The third kappa shape index (κ3) is 3.10. The summed E-state index contributed by atoms with van der Waals surface area (Å²) >= 11 is 0. The van der Waals surface area contributed by atoms with Crippen molar-refractivity contribution in [1.29, 1.82) is 0 Å². The second-order valence-electron chi connectivity index (χ2n) is 5.12. The molecular formula is C15H16F2N2O. The topological polar surface area (TPSA) is 34.9 Å². The smallest absolute Gasteiger partial charge is 0.153 e. The summed E-state index contributed by atoms with van der Waals surface area (Å²) in [6, 6.07) is 3.24. The summed E-state index contributed by atoms with van der Waals surface area (Å²) in [6.07, 6.45) is 3.13. The van der Waals surface area contributed by atoms with Gasteiger partial charge in [-0.3, -0.25) is 9.48 Å². The molecule has 0 aliphatic carbocycles. The summed E-state index contributed by atoms with van der Waals surface area (Å²) in [5, 5.41) is 4.24. The molecule has 0 unspecified atom stereocenters. The van der Waals surface area contributed by atoms with Crippen LogP contribution in [0, 0.1) is 17.6 Å². The molecule has 0 spiro atoms. The Morgan fingerprint density at radius 3 is 2.70 bits per heavy atom. The van der Waals surface area contributed by atoms with Crippen molar-refractivity contribution in [3.63, 3.8) is 0 Å². The molecule has 0 N–H and O–H groups in total. The molecule has 1 heterocycles. The fourth-order valence-corrected chi connectivity index (χ4v) is 1.92. The van der Waals surface area contributed by atoms with E-state index in [2.05, 4.69) is 18.9 Å². The highest BCUT2D eigenvalue weighted by molar-refractivity contribution is 5.85. The van der Waals surface area contributed by atoms with Gasteiger partial charge in [0.15, 0.2) is 6.29 Å². The van der Waals surface area contributed by atoms with Crippen LogP contribution in [0.15, 0.2) is 24.4 Å². The molecule has 1 aromatic heterocycles. The first-order valence-corrected chi connectivity index (χ1v) is 6.49. The van der Waals surface area contributed by atoms with E-state index in [-0.39, 0.29) is 11.3 Å². The van der Waals surface area contributed by atoms with Gasteiger partial charge >= 0.3 is 0 Å². The number of benzene rings is 1.